The Morgan fingerprint density at radius 3 is 2.05 bits per heavy atom. The Morgan fingerprint density at radius 2 is 1.44 bits per heavy atom. The molecule has 10 heteroatoms. The summed E-state index contributed by atoms with van der Waals surface area (Å²) in [7, 11) is -4.16. The average molecular weight is 714 g/mol. The number of hydrogen-bond donors (Lipinski definition) is 1. The van der Waals surface area contributed by atoms with Gasteiger partial charge in [0.05, 0.1) is 10.6 Å². The monoisotopic (exact) mass is 713 g/mol. The molecule has 0 radical (unpaired) electrons. The molecule has 2 amide bonds. The van der Waals surface area contributed by atoms with Crippen LogP contribution in [0.1, 0.15) is 24.5 Å². The molecule has 4 rings (SSSR count). The quantitative estimate of drug-likeness (QED) is 0.178. The molecule has 0 aliphatic carbocycles. The Kier molecular flexibility index (Phi) is 11.3. The standard InChI is InChI=1S/C33H33FIN3O4S/c1-2-21-36-33(40)31(22-25-9-5-3-6-10-25)37(23-26-13-15-27(34)16-14-26)32(39)24-38(29-19-17-28(35)18-20-29)43(41,42)30-11-7-4-8-12-30/h3-20,31H,2,21-24H2,1H3,(H,36,40). The zero-order chi connectivity index (χ0) is 30.8. The normalized spacial score (nSPS) is 11.9. The molecular weight excluding hydrogens is 680 g/mol. The van der Waals surface area contributed by atoms with E-state index in [-0.39, 0.29) is 23.8 Å². The Labute approximate surface area is 265 Å². The highest BCUT2D eigenvalue weighted by molar-refractivity contribution is 14.1. The van der Waals surface area contributed by atoms with Gasteiger partial charge in [0.15, 0.2) is 0 Å². The zero-order valence-corrected chi connectivity index (χ0v) is 26.7. The molecule has 0 saturated carbocycles. The molecule has 0 spiro atoms. The van der Waals surface area contributed by atoms with Gasteiger partial charge in [-0.25, -0.2) is 12.8 Å². The summed E-state index contributed by atoms with van der Waals surface area (Å²) in [6.07, 6.45) is 0.907. The van der Waals surface area contributed by atoms with Crippen LogP contribution in [-0.2, 0) is 32.6 Å². The average Bonchev–Trinajstić information content (AvgIpc) is 3.02. The third-order valence-electron chi connectivity index (χ3n) is 6.81. The van der Waals surface area contributed by atoms with Crippen molar-refractivity contribution in [2.45, 2.75) is 37.2 Å². The van der Waals surface area contributed by atoms with E-state index in [1.165, 1.54) is 29.2 Å². The second-order valence-electron chi connectivity index (χ2n) is 9.95. The third kappa shape index (κ3) is 8.64. The van der Waals surface area contributed by atoms with E-state index >= 15 is 0 Å². The van der Waals surface area contributed by atoms with Crippen molar-refractivity contribution >= 4 is 50.1 Å². The smallest absolute Gasteiger partial charge is 0.264 e. The van der Waals surface area contributed by atoms with Gasteiger partial charge in [-0.3, -0.25) is 13.9 Å². The number of amides is 2. The van der Waals surface area contributed by atoms with Crippen molar-refractivity contribution in [3.05, 3.63) is 130 Å². The fraction of sp³-hybridized carbons (Fsp3) is 0.212. The third-order valence-corrected chi connectivity index (χ3v) is 9.32. The van der Waals surface area contributed by atoms with E-state index in [0.717, 1.165) is 13.4 Å². The second-order valence-corrected chi connectivity index (χ2v) is 13.1. The van der Waals surface area contributed by atoms with Gasteiger partial charge in [-0.15, -0.1) is 0 Å². The molecule has 0 fully saturated rings. The molecule has 0 aromatic heterocycles. The summed E-state index contributed by atoms with van der Waals surface area (Å²) in [5, 5.41) is 2.90. The van der Waals surface area contributed by atoms with Crippen LogP contribution in [0.2, 0.25) is 0 Å². The predicted octanol–water partition coefficient (Wildman–Crippen LogP) is 5.79. The molecule has 224 valence electrons. The SMILES string of the molecule is CCCNC(=O)C(Cc1ccccc1)N(Cc1ccc(F)cc1)C(=O)CN(c1ccc(I)cc1)S(=O)(=O)c1ccccc1. The van der Waals surface area contributed by atoms with E-state index in [9.17, 15) is 22.4 Å². The molecule has 4 aromatic carbocycles. The summed E-state index contributed by atoms with van der Waals surface area (Å²) in [6.45, 7) is 1.77. The van der Waals surface area contributed by atoms with E-state index < -0.39 is 34.3 Å². The highest BCUT2D eigenvalue weighted by Gasteiger charge is 2.34. The van der Waals surface area contributed by atoms with E-state index in [1.807, 2.05) is 37.3 Å². The Morgan fingerprint density at radius 1 is 0.837 bits per heavy atom. The lowest BCUT2D eigenvalue weighted by Gasteiger charge is -2.34. The highest BCUT2D eigenvalue weighted by Crippen LogP contribution is 2.26. The fourth-order valence-electron chi connectivity index (χ4n) is 4.56. The number of hydrogen-bond acceptors (Lipinski definition) is 4. The predicted molar refractivity (Wildman–Crippen MR) is 174 cm³/mol. The number of carbonyl (C=O) groups is 2. The summed E-state index contributed by atoms with van der Waals surface area (Å²) in [4.78, 5) is 29.4. The Balaban J connectivity index is 1.78. The van der Waals surface area contributed by atoms with Gasteiger partial charge in [-0.1, -0.05) is 67.6 Å². The number of nitrogens with zero attached hydrogens (tertiary/aromatic N) is 2. The van der Waals surface area contributed by atoms with Crippen molar-refractivity contribution in [3.63, 3.8) is 0 Å². The maximum absolute atomic E-state index is 14.3. The van der Waals surface area contributed by atoms with Gasteiger partial charge in [0.2, 0.25) is 11.8 Å². The maximum Gasteiger partial charge on any atom is 0.264 e. The van der Waals surface area contributed by atoms with Crippen LogP contribution in [0.25, 0.3) is 0 Å². The van der Waals surface area contributed by atoms with E-state index in [2.05, 4.69) is 27.9 Å². The zero-order valence-electron chi connectivity index (χ0n) is 23.7. The van der Waals surface area contributed by atoms with Gasteiger partial charge in [-0.2, -0.15) is 0 Å². The molecule has 0 saturated heterocycles. The van der Waals surface area contributed by atoms with Crippen LogP contribution in [0.5, 0.6) is 0 Å². The highest BCUT2D eigenvalue weighted by atomic mass is 127. The van der Waals surface area contributed by atoms with Crippen LogP contribution < -0.4 is 9.62 Å². The summed E-state index contributed by atoms with van der Waals surface area (Å²) in [5.41, 5.74) is 1.75. The Hall–Kier alpha value is -3.77. The number of nitrogens with one attached hydrogen (secondary N) is 1. The fourth-order valence-corrected chi connectivity index (χ4v) is 6.36. The van der Waals surface area contributed by atoms with Crippen molar-refractivity contribution in [1.29, 1.82) is 0 Å². The van der Waals surface area contributed by atoms with Crippen molar-refractivity contribution in [2.75, 3.05) is 17.4 Å². The van der Waals surface area contributed by atoms with Crippen molar-refractivity contribution in [3.8, 4) is 0 Å². The molecule has 43 heavy (non-hydrogen) atoms. The number of carbonyl (C=O) groups excluding carboxylic acids is 2. The van der Waals surface area contributed by atoms with Crippen LogP contribution in [-0.4, -0.2) is 44.3 Å². The molecule has 0 aliphatic heterocycles. The molecule has 0 heterocycles. The summed E-state index contributed by atoms with van der Waals surface area (Å²) < 4.78 is 43.6. The molecule has 1 N–H and O–H groups in total. The van der Waals surface area contributed by atoms with Gasteiger partial charge in [0.1, 0.15) is 18.4 Å². The van der Waals surface area contributed by atoms with Crippen LogP contribution in [0.4, 0.5) is 10.1 Å². The minimum atomic E-state index is -4.16. The number of anilines is 1. The van der Waals surface area contributed by atoms with Crippen molar-refractivity contribution in [2.24, 2.45) is 0 Å². The topological polar surface area (TPSA) is 86.8 Å². The molecule has 1 atom stereocenters. The maximum atomic E-state index is 14.3. The lowest BCUT2D eigenvalue weighted by Crippen LogP contribution is -2.53. The largest absolute Gasteiger partial charge is 0.354 e. The van der Waals surface area contributed by atoms with E-state index in [0.29, 0.717) is 24.2 Å². The molecule has 0 aliphatic rings. The first-order valence-electron chi connectivity index (χ1n) is 13.9. The summed E-state index contributed by atoms with van der Waals surface area (Å²) >= 11 is 2.13. The van der Waals surface area contributed by atoms with Crippen LogP contribution in [0.3, 0.4) is 0 Å². The van der Waals surface area contributed by atoms with Gasteiger partial charge >= 0.3 is 0 Å². The number of benzene rings is 4. The minimum Gasteiger partial charge on any atom is -0.354 e. The van der Waals surface area contributed by atoms with Crippen molar-refractivity contribution in [1.82, 2.24) is 10.2 Å². The van der Waals surface area contributed by atoms with Crippen molar-refractivity contribution < 1.29 is 22.4 Å². The van der Waals surface area contributed by atoms with Crippen LogP contribution in [0, 0.1) is 9.39 Å². The second kappa shape index (κ2) is 15.1. The van der Waals surface area contributed by atoms with E-state index in [4.69, 9.17) is 0 Å². The van der Waals surface area contributed by atoms with Gasteiger partial charge < -0.3 is 10.2 Å². The number of sulfonamides is 1. The first kappa shape index (κ1) is 32.2. The van der Waals surface area contributed by atoms with Crippen LogP contribution >= 0.6 is 22.6 Å². The molecular formula is C33H33FIN3O4S. The number of rotatable bonds is 13. The summed E-state index contributed by atoms with van der Waals surface area (Å²) in [6, 6.07) is 28.8. The van der Waals surface area contributed by atoms with E-state index in [1.54, 1.807) is 54.6 Å². The first-order valence-corrected chi connectivity index (χ1v) is 16.4. The molecule has 7 nitrogen and oxygen atoms in total. The molecule has 4 aromatic rings. The van der Waals surface area contributed by atoms with Crippen LogP contribution in [0.15, 0.2) is 114 Å². The first-order chi connectivity index (χ1) is 20.7. The minimum absolute atomic E-state index is 0.0257. The molecule has 0 bridgehead atoms. The van der Waals surface area contributed by atoms with Gasteiger partial charge in [0.25, 0.3) is 10.0 Å². The molecule has 1 unspecified atom stereocenters. The lowest BCUT2D eigenvalue weighted by atomic mass is 10.0. The number of halogens is 2. The Bertz CT molecular complexity index is 1600. The summed E-state index contributed by atoms with van der Waals surface area (Å²) in [5.74, 6) is -1.36. The van der Waals surface area contributed by atoms with Gasteiger partial charge in [0, 0.05) is 23.1 Å². The van der Waals surface area contributed by atoms with Gasteiger partial charge in [-0.05, 0) is 88.7 Å². The lowest BCUT2D eigenvalue weighted by molar-refractivity contribution is -0.140.